The Morgan fingerprint density at radius 3 is 2.30 bits per heavy atom. The van der Waals surface area contributed by atoms with Crippen LogP contribution in [0.3, 0.4) is 0 Å². The third-order valence-electron chi connectivity index (χ3n) is 6.31. The van der Waals surface area contributed by atoms with Crippen LogP contribution < -0.4 is 9.47 Å². The highest BCUT2D eigenvalue weighted by molar-refractivity contribution is 5.94. The maximum atomic E-state index is 12.8. The number of hydrogen-bond acceptors (Lipinski definition) is 5. The fourth-order valence-electron chi connectivity index (χ4n) is 4.32. The van der Waals surface area contributed by atoms with Gasteiger partial charge in [0.1, 0.15) is 11.5 Å². The second-order valence-corrected chi connectivity index (χ2v) is 8.74. The van der Waals surface area contributed by atoms with Crippen molar-refractivity contribution < 1.29 is 19.1 Å². The molecule has 1 aromatic heterocycles. The minimum absolute atomic E-state index is 0.0136. The average molecular weight is 450 g/mol. The van der Waals surface area contributed by atoms with Crippen molar-refractivity contribution in [3.05, 3.63) is 59.3 Å². The molecule has 2 heterocycles. The third-order valence-corrected chi connectivity index (χ3v) is 6.31. The normalized spacial score (nSPS) is 14.6. The summed E-state index contributed by atoms with van der Waals surface area (Å²) >= 11 is 0. The SMILES string of the molecule is COc1ccc2[nH]c(C)c(CC(=O)Oc3ccc(C(=O)N4CCN(C(C)C)CC4)cc3)c2c1. The molecule has 3 aromatic rings. The van der Waals surface area contributed by atoms with Crippen molar-refractivity contribution in [2.45, 2.75) is 33.2 Å². The monoisotopic (exact) mass is 449 g/mol. The molecule has 1 saturated heterocycles. The van der Waals surface area contributed by atoms with Gasteiger partial charge in [-0.3, -0.25) is 14.5 Å². The van der Waals surface area contributed by atoms with E-state index in [1.807, 2.05) is 30.0 Å². The van der Waals surface area contributed by atoms with Gasteiger partial charge in [0.2, 0.25) is 0 Å². The van der Waals surface area contributed by atoms with Crippen LogP contribution in [0.1, 0.15) is 35.5 Å². The van der Waals surface area contributed by atoms with E-state index in [0.717, 1.165) is 54.1 Å². The number of carbonyl (C=O) groups excluding carboxylic acids is 2. The lowest BCUT2D eigenvalue weighted by molar-refractivity contribution is -0.133. The number of piperazine rings is 1. The first kappa shape index (κ1) is 22.9. The zero-order valence-electron chi connectivity index (χ0n) is 19.7. The summed E-state index contributed by atoms with van der Waals surface area (Å²) in [6.45, 7) is 9.51. The number of hydrogen-bond donors (Lipinski definition) is 1. The van der Waals surface area contributed by atoms with Crippen LogP contribution >= 0.6 is 0 Å². The standard InChI is InChI=1S/C26H31N3O4/c1-17(2)28-11-13-29(14-12-28)26(31)19-5-7-20(8-6-19)33-25(30)16-22-18(3)27-24-10-9-21(32-4)15-23(22)24/h5-10,15,17,27H,11-14,16H2,1-4H3. The van der Waals surface area contributed by atoms with Gasteiger partial charge >= 0.3 is 5.97 Å². The molecule has 1 N–H and O–H groups in total. The highest BCUT2D eigenvalue weighted by Gasteiger charge is 2.23. The largest absolute Gasteiger partial charge is 0.497 e. The Morgan fingerprint density at radius 2 is 1.67 bits per heavy atom. The van der Waals surface area contributed by atoms with E-state index in [4.69, 9.17) is 9.47 Å². The molecule has 7 nitrogen and oxygen atoms in total. The molecule has 33 heavy (non-hydrogen) atoms. The van der Waals surface area contributed by atoms with Gasteiger partial charge in [-0.15, -0.1) is 0 Å². The number of aryl methyl sites for hydroxylation is 1. The van der Waals surface area contributed by atoms with Gasteiger partial charge in [0.05, 0.1) is 13.5 Å². The molecule has 0 atom stereocenters. The van der Waals surface area contributed by atoms with Crippen molar-refractivity contribution in [2.75, 3.05) is 33.3 Å². The molecule has 7 heteroatoms. The molecular weight excluding hydrogens is 418 g/mol. The summed E-state index contributed by atoms with van der Waals surface area (Å²) < 4.78 is 10.9. The lowest BCUT2D eigenvalue weighted by Crippen LogP contribution is -2.50. The number of amides is 1. The first-order valence-corrected chi connectivity index (χ1v) is 11.3. The van der Waals surface area contributed by atoms with Crippen LogP contribution in [-0.4, -0.2) is 66.0 Å². The zero-order valence-corrected chi connectivity index (χ0v) is 19.7. The predicted molar refractivity (Wildman–Crippen MR) is 128 cm³/mol. The van der Waals surface area contributed by atoms with Crippen molar-refractivity contribution in [3.8, 4) is 11.5 Å². The van der Waals surface area contributed by atoms with Crippen LogP contribution in [0.25, 0.3) is 10.9 Å². The van der Waals surface area contributed by atoms with E-state index in [9.17, 15) is 9.59 Å². The third kappa shape index (κ3) is 5.03. The van der Waals surface area contributed by atoms with Crippen LogP contribution in [0.15, 0.2) is 42.5 Å². The Kier molecular flexibility index (Phi) is 6.70. The van der Waals surface area contributed by atoms with Crippen LogP contribution in [0.4, 0.5) is 0 Å². The van der Waals surface area contributed by atoms with E-state index in [0.29, 0.717) is 17.4 Å². The first-order chi connectivity index (χ1) is 15.9. The summed E-state index contributed by atoms with van der Waals surface area (Å²) in [4.78, 5) is 33.0. The van der Waals surface area contributed by atoms with Crippen LogP contribution in [0.2, 0.25) is 0 Å². The van der Waals surface area contributed by atoms with Crippen molar-refractivity contribution in [2.24, 2.45) is 0 Å². The molecule has 0 bridgehead atoms. The van der Waals surface area contributed by atoms with Gasteiger partial charge in [0.15, 0.2) is 0 Å². The maximum absolute atomic E-state index is 12.8. The highest BCUT2D eigenvalue weighted by Crippen LogP contribution is 2.27. The molecule has 0 radical (unpaired) electrons. The average Bonchev–Trinajstić information content (AvgIpc) is 3.13. The summed E-state index contributed by atoms with van der Waals surface area (Å²) in [7, 11) is 1.62. The number of aromatic nitrogens is 1. The van der Waals surface area contributed by atoms with E-state index in [1.165, 1.54) is 0 Å². The highest BCUT2D eigenvalue weighted by atomic mass is 16.5. The molecule has 0 saturated carbocycles. The number of esters is 1. The Balaban J connectivity index is 1.38. The van der Waals surface area contributed by atoms with Crippen molar-refractivity contribution in [1.29, 1.82) is 0 Å². The van der Waals surface area contributed by atoms with E-state index < -0.39 is 0 Å². The fourth-order valence-corrected chi connectivity index (χ4v) is 4.32. The summed E-state index contributed by atoms with van der Waals surface area (Å²) in [6, 6.07) is 13.0. The summed E-state index contributed by atoms with van der Waals surface area (Å²) in [5.41, 5.74) is 3.37. The van der Waals surface area contributed by atoms with Gasteiger partial charge in [-0.1, -0.05) is 0 Å². The number of carbonyl (C=O) groups is 2. The number of H-pyrrole nitrogens is 1. The minimum atomic E-state index is -0.356. The molecule has 1 fully saturated rings. The Bertz CT molecular complexity index is 1140. The minimum Gasteiger partial charge on any atom is -0.497 e. The van der Waals surface area contributed by atoms with Crippen molar-refractivity contribution >= 4 is 22.8 Å². The van der Waals surface area contributed by atoms with Gasteiger partial charge in [0, 0.05) is 54.4 Å². The lowest BCUT2D eigenvalue weighted by Gasteiger charge is -2.37. The van der Waals surface area contributed by atoms with E-state index >= 15 is 0 Å². The van der Waals surface area contributed by atoms with Crippen molar-refractivity contribution in [3.63, 3.8) is 0 Å². The number of nitrogens with one attached hydrogen (secondary N) is 1. The van der Waals surface area contributed by atoms with E-state index in [1.54, 1.807) is 31.4 Å². The number of ether oxygens (including phenoxy) is 2. The molecule has 1 aliphatic rings. The van der Waals surface area contributed by atoms with Crippen LogP contribution in [0.5, 0.6) is 11.5 Å². The Hall–Kier alpha value is -3.32. The number of benzene rings is 2. The van der Waals surface area contributed by atoms with Gasteiger partial charge in [0.25, 0.3) is 5.91 Å². The molecule has 174 valence electrons. The number of nitrogens with zero attached hydrogens (tertiary/aromatic N) is 2. The Labute approximate surface area is 194 Å². The van der Waals surface area contributed by atoms with Crippen LogP contribution in [0, 0.1) is 6.92 Å². The molecular formula is C26H31N3O4. The quantitative estimate of drug-likeness (QED) is 0.458. The molecule has 0 unspecified atom stereocenters. The van der Waals surface area contributed by atoms with Gasteiger partial charge < -0.3 is 19.4 Å². The molecule has 2 aromatic carbocycles. The van der Waals surface area contributed by atoms with Gasteiger partial charge in [-0.2, -0.15) is 0 Å². The number of rotatable bonds is 6. The summed E-state index contributed by atoms with van der Waals surface area (Å²) in [5.74, 6) is 0.823. The fraction of sp³-hybridized carbons (Fsp3) is 0.385. The van der Waals surface area contributed by atoms with E-state index in [-0.39, 0.29) is 18.3 Å². The zero-order chi connectivity index (χ0) is 23.5. The molecule has 1 aliphatic heterocycles. The predicted octanol–water partition coefficient (Wildman–Crippen LogP) is 3.80. The molecule has 0 spiro atoms. The smallest absolute Gasteiger partial charge is 0.315 e. The van der Waals surface area contributed by atoms with Gasteiger partial charge in [-0.25, -0.2) is 0 Å². The second-order valence-electron chi connectivity index (χ2n) is 8.74. The second kappa shape index (κ2) is 9.67. The number of aromatic amines is 1. The summed E-state index contributed by atoms with van der Waals surface area (Å²) in [6.07, 6.45) is 0.139. The topological polar surface area (TPSA) is 74.9 Å². The maximum Gasteiger partial charge on any atom is 0.315 e. The number of methoxy groups -OCH3 is 1. The van der Waals surface area contributed by atoms with Gasteiger partial charge in [-0.05, 0) is 68.8 Å². The molecule has 0 aliphatic carbocycles. The van der Waals surface area contributed by atoms with E-state index in [2.05, 4.69) is 23.7 Å². The lowest BCUT2D eigenvalue weighted by atomic mass is 10.1. The van der Waals surface area contributed by atoms with Crippen LogP contribution in [-0.2, 0) is 11.2 Å². The molecule has 4 rings (SSSR count). The number of fused-ring (bicyclic) bond motifs is 1. The summed E-state index contributed by atoms with van der Waals surface area (Å²) in [5, 5.41) is 0.947. The Morgan fingerprint density at radius 1 is 1.00 bits per heavy atom. The van der Waals surface area contributed by atoms with Crippen molar-refractivity contribution in [1.82, 2.24) is 14.8 Å². The molecule has 1 amide bonds. The first-order valence-electron chi connectivity index (χ1n) is 11.3.